The molecule has 2 aliphatic heterocycles. The van der Waals surface area contributed by atoms with E-state index in [1.54, 1.807) is 0 Å². The van der Waals surface area contributed by atoms with Gasteiger partial charge in [0, 0.05) is 37.4 Å². The average molecular weight is 433 g/mol. The molecule has 166 valence electrons. The molecule has 0 unspecified atom stereocenters. The molecule has 0 aliphatic carbocycles. The van der Waals surface area contributed by atoms with Crippen LogP contribution in [-0.2, 0) is 11.2 Å². The number of likely N-dealkylation sites (tertiary alicyclic amines) is 1. The normalized spacial score (nSPS) is 17.5. The Hall–Kier alpha value is -3.19. The summed E-state index contributed by atoms with van der Waals surface area (Å²) in [4.78, 5) is 21.4. The van der Waals surface area contributed by atoms with Crippen molar-refractivity contribution in [3.63, 3.8) is 0 Å². The Balaban J connectivity index is 1.18. The zero-order chi connectivity index (χ0) is 21.8. The molecule has 2 aliphatic rings. The van der Waals surface area contributed by atoms with Crippen LogP contribution in [-0.4, -0.2) is 60.3 Å². The van der Waals surface area contributed by atoms with Crippen molar-refractivity contribution in [1.29, 1.82) is 0 Å². The monoisotopic (exact) mass is 432 g/mol. The van der Waals surface area contributed by atoms with Crippen LogP contribution in [0.1, 0.15) is 29.1 Å². The standard InChI is InChI=1S/C25H28N4O3/c30-25(29-12-10-20(11-13-29)18-19-4-2-1-3-5-19)24-26-23(27-32-24)21-6-8-22(9-7-21)28-14-16-31-17-15-28/h1-9,20H,10-18H2. The summed E-state index contributed by atoms with van der Waals surface area (Å²) in [7, 11) is 0. The molecule has 3 heterocycles. The van der Waals surface area contributed by atoms with Crippen LogP contribution in [0.5, 0.6) is 0 Å². The summed E-state index contributed by atoms with van der Waals surface area (Å²) in [5.41, 5.74) is 3.35. The van der Waals surface area contributed by atoms with Crippen LogP contribution in [0.2, 0.25) is 0 Å². The van der Waals surface area contributed by atoms with Crippen LogP contribution >= 0.6 is 0 Å². The summed E-state index contributed by atoms with van der Waals surface area (Å²) in [5, 5.41) is 4.05. The fourth-order valence-corrected chi connectivity index (χ4v) is 4.49. The lowest BCUT2D eigenvalue weighted by atomic mass is 9.90. The van der Waals surface area contributed by atoms with Crippen molar-refractivity contribution in [2.24, 2.45) is 5.92 Å². The molecule has 3 aromatic rings. The van der Waals surface area contributed by atoms with Crippen LogP contribution in [0.4, 0.5) is 5.69 Å². The van der Waals surface area contributed by atoms with Crippen molar-refractivity contribution in [2.45, 2.75) is 19.3 Å². The summed E-state index contributed by atoms with van der Waals surface area (Å²) < 4.78 is 10.7. The fraction of sp³-hybridized carbons (Fsp3) is 0.400. The van der Waals surface area contributed by atoms with Gasteiger partial charge in [-0.25, -0.2) is 0 Å². The molecule has 7 nitrogen and oxygen atoms in total. The van der Waals surface area contributed by atoms with E-state index in [1.165, 1.54) is 5.56 Å². The molecule has 32 heavy (non-hydrogen) atoms. The molecule has 0 spiro atoms. The highest BCUT2D eigenvalue weighted by molar-refractivity contribution is 5.90. The predicted octanol–water partition coefficient (Wildman–Crippen LogP) is 3.67. The largest absolute Gasteiger partial charge is 0.378 e. The summed E-state index contributed by atoms with van der Waals surface area (Å²) >= 11 is 0. The van der Waals surface area contributed by atoms with Crippen LogP contribution in [0.15, 0.2) is 59.1 Å². The molecule has 1 aromatic heterocycles. The molecular weight excluding hydrogens is 404 g/mol. The number of benzene rings is 2. The van der Waals surface area contributed by atoms with Crippen LogP contribution < -0.4 is 4.90 Å². The Morgan fingerprint density at radius 3 is 2.38 bits per heavy atom. The van der Waals surface area contributed by atoms with Gasteiger partial charge in [0.1, 0.15) is 0 Å². The highest BCUT2D eigenvalue weighted by atomic mass is 16.5. The van der Waals surface area contributed by atoms with Crippen molar-refractivity contribution in [1.82, 2.24) is 15.0 Å². The maximum atomic E-state index is 12.9. The van der Waals surface area contributed by atoms with E-state index < -0.39 is 0 Å². The summed E-state index contributed by atoms with van der Waals surface area (Å²) in [6.45, 7) is 4.73. The van der Waals surface area contributed by atoms with Crippen molar-refractivity contribution >= 4 is 11.6 Å². The third kappa shape index (κ3) is 4.67. The van der Waals surface area contributed by atoms with Crippen molar-refractivity contribution in [2.75, 3.05) is 44.3 Å². The van der Waals surface area contributed by atoms with Gasteiger partial charge in [0.2, 0.25) is 5.82 Å². The Morgan fingerprint density at radius 1 is 0.938 bits per heavy atom. The number of amides is 1. The molecule has 0 saturated carbocycles. The van der Waals surface area contributed by atoms with Gasteiger partial charge in [0.15, 0.2) is 0 Å². The summed E-state index contributed by atoms with van der Waals surface area (Å²) in [6.07, 6.45) is 3.04. The minimum atomic E-state index is -0.174. The van der Waals surface area contributed by atoms with Gasteiger partial charge in [0.05, 0.1) is 13.2 Å². The molecule has 0 radical (unpaired) electrons. The van der Waals surface area contributed by atoms with E-state index in [4.69, 9.17) is 9.26 Å². The van der Waals surface area contributed by atoms with Crippen molar-refractivity contribution < 1.29 is 14.1 Å². The third-order valence-electron chi connectivity index (χ3n) is 6.38. The molecule has 0 atom stereocenters. The van der Waals surface area contributed by atoms with Crippen LogP contribution in [0, 0.1) is 5.92 Å². The first-order chi connectivity index (χ1) is 15.8. The molecule has 5 rings (SSSR count). The lowest BCUT2D eigenvalue weighted by molar-refractivity contribution is 0.0640. The van der Waals surface area contributed by atoms with Crippen LogP contribution in [0.25, 0.3) is 11.4 Å². The lowest BCUT2D eigenvalue weighted by Crippen LogP contribution is -2.39. The van der Waals surface area contributed by atoms with Gasteiger partial charge in [-0.1, -0.05) is 35.5 Å². The summed E-state index contributed by atoms with van der Waals surface area (Å²) in [5.74, 6) is 0.941. The molecule has 2 fully saturated rings. The van der Waals surface area contributed by atoms with E-state index in [9.17, 15) is 4.79 Å². The number of piperidine rings is 1. The second kappa shape index (κ2) is 9.53. The van der Waals surface area contributed by atoms with Gasteiger partial charge < -0.3 is 19.1 Å². The van der Waals surface area contributed by atoms with Gasteiger partial charge in [-0.2, -0.15) is 4.98 Å². The maximum absolute atomic E-state index is 12.9. The second-order valence-electron chi connectivity index (χ2n) is 8.49. The van der Waals surface area contributed by atoms with E-state index in [0.29, 0.717) is 11.7 Å². The first-order valence-electron chi connectivity index (χ1n) is 11.4. The predicted molar refractivity (Wildman–Crippen MR) is 122 cm³/mol. The number of carbonyl (C=O) groups excluding carboxylic acids is 1. The zero-order valence-corrected chi connectivity index (χ0v) is 18.2. The topological polar surface area (TPSA) is 71.7 Å². The zero-order valence-electron chi connectivity index (χ0n) is 18.2. The Bertz CT molecular complexity index is 1020. The molecule has 1 amide bonds. The van der Waals surface area contributed by atoms with E-state index >= 15 is 0 Å². The molecule has 2 aromatic carbocycles. The first-order valence-corrected chi connectivity index (χ1v) is 11.4. The molecule has 0 N–H and O–H groups in total. The highest BCUT2D eigenvalue weighted by Gasteiger charge is 2.27. The van der Waals surface area contributed by atoms with Gasteiger partial charge >= 0.3 is 11.8 Å². The molecule has 0 bridgehead atoms. The number of ether oxygens (including phenoxy) is 1. The smallest absolute Gasteiger partial charge is 0.316 e. The Labute approximate surface area is 188 Å². The minimum absolute atomic E-state index is 0.0683. The van der Waals surface area contributed by atoms with Gasteiger partial charge in [-0.3, -0.25) is 4.79 Å². The quantitative estimate of drug-likeness (QED) is 0.613. The Morgan fingerprint density at radius 2 is 1.66 bits per heavy atom. The number of nitrogens with zero attached hydrogens (tertiary/aromatic N) is 4. The van der Waals surface area contributed by atoms with E-state index in [2.05, 4.69) is 51.4 Å². The first kappa shape index (κ1) is 20.7. The lowest BCUT2D eigenvalue weighted by Gasteiger charge is -2.31. The fourth-order valence-electron chi connectivity index (χ4n) is 4.49. The van der Waals surface area contributed by atoms with E-state index in [-0.39, 0.29) is 11.8 Å². The third-order valence-corrected chi connectivity index (χ3v) is 6.38. The van der Waals surface area contributed by atoms with Gasteiger partial charge in [-0.15, -0.1) is 0 Å². The molecular formula is C25H28N4O3. The molecule has 7 heteroatoms. The number of anilines is 1. The number of hydrogen-bond donors (Lipinski definition) is 0. The highest BCUT2D eigenvalue weighted by Crippen LogP contribution is 2.25. The maximum Gasteiger partial charge on any atom is 0.316 e. The van der Waals surface area contributed by atoms with Crippen molar-refractivity contribution in [3.8, 4) is 11.4 Å². The SMILES string of the molecule is O=C(c1nc(-c2ccc(N3CCOCC3)cc2)no1)N1CCC(Cc2ccccc2)CC1. The van der Waals surface area contributed by atoms with Crippen molar-refractivity contribution in [3.05, 3.63) is 66.1 Å². The Kier molecular flexibility index (Phi) is 6.16. The van der Waals surface area contributed by atoms with Gasteiger partial charge in [0.25, 0.3) is 0 Å². The number of aromatic nitrogens is 2. The number of hydrogen-bond acceptors (Lipinski definition) is 6. The minimum Gasteiger partial charge on any atom is -0.378 e. The van der Waals surface area contributed by atoms with E-state index in [1.807, 2.05) is 23.1 Å². The number of rotatable bonds is 5. The second-order valence-corrected chi connectivity index (χ2v) is 8.49. The van der Waals surface area contributed by atoms with E-state index in [0.717, 1.165) is 69.9 Å². The van der Waals surface area contributed by atoms with Crippen LogP contribution in [0.3, 0.4) is 0 Å². The van der Waals surface area contributed by atoms with Gasteiger partial charge in [-0.05, 0) is 55.0 Å². The summed E-state index contributed by atoms with van der Waals surface area (Å²) in [6, 6.07) is 18.6. The average Bonchev–Trinajstić information content (AvgIpc) is 3.36. The molecule has 2 saturated heterocycles. The number of carbonyl (C=O) groups is 1. The number of morpholine rings is 1.